The summed E-state index contributed by atoms with van der Waals surface area (Å²) in [6, 6.07) is 0. The van der Waals surface area contributed by atoms with Crippen molar-refractivity contribution in [3.8, 4) is 0 Å². The van der Waals surface area contributed by atoms with Crippen molar-refractivity contribution < 1.29 is 4.52 Å². The number of nitrogens with two attached hydrogens (primary N) is 1. The fourth-order valence-corrected chi connectivity index (χ4v) is 1.60. The number of nitrogens with zero attached hydrogens (tertiary/aromatic N) is 2. The van der Waals surface area contributed by atoms with Crippen LogP contribution in [0.1, 0.15) is 50.7 Å². The molecule has 1 saturated carbocycles. The zero-order chi connectivity index (χ0) is 10.3. The van der Waals surface area contributed by atoms with E-state index in [1.807, 2.05) is 6.92 Å². The summed E-state index contributed by atoms with van der Waals surface area (Å²) in [6.07, 6.45) is 1.16. The maximum atomic E-state index is 5.53. The Balaban J connectivity index is 2.11. The number of aromatic nitrogens is 2. The molecule has 0 amide bonds. The highest BCUT2D eigenvalue weighted by atomic mass is 16.5. The first-order valence-corrected chi connectivity index (χ1v) is 5.08. The van der Waals surface area contributed by atoms with Crippen LogP contribution >= 0.6 is 0 Å². The first-order valence-electron chi connectivity index (χ1n) is 5.08. The molecule has 0 aromatic carbocycles. The summed E-state index contributed by atoms with van der Waals surface area (Å²) in [5, 5.41) is 4.00. The van der Waals surface area contributed by atoms with Crippen molar-refractivity contribution >= 4 is 0 Å². The van der Waals surface area contributed by atoms with Gasteiger partial charge in [-0.15, -0.1) is 0 Å². The van der Waals surface area contributed by atoms with Gasteiger partial charge in [0.05, 0.1) is 0 Å². The molecule has 0 spiro atoms. The van der Waals surface area contributed by atoms with Gasteiger partial charge < -0.3 is 10.3 Å². The van der Waals surface area contributed by atoms with Crippen molar-refractivity contribution in [2.75, 3.05) is 6.54 Å². The van der Waals surface area contributed by atoms with Gasteiger partial charge in [-0.2, -0.15) is 4.98 Å². The lowest BCUT2D eigenvalue weighted by molar-refractivity contribution is 0.355. The van der Waals surface area contributed by atoms with E-state index in [0.29, 0.717) is 23.8 Å². The van der Waals surface area contributed by atoms with Gasteiger partial charge in [-0.05, 0) is 11.8 Å². The summed E-state index contributed by atoms with van der Waals surface area (Å²) in [6.45, 7) is 6.99. The molecule has 1 aromatic rings. The van der Waals surface area contributed by atoms with Crippen LogP contribution in [0, 0.1) is 5.41 Å². The van der Waals surface area contributed by atoms with E-state index in [1.165, 1.54) is 0 Å². The minimum Gasteiger partial charge on any atom is -0.339 e. The Kier molecular flexibility index (Phi) is 2.10. The summed E-state index contributed by atoms with van der Waals surface area (Å²) >= 11 is 0. The minimum atomic E-state index is 0.165. The Morgan fingerprint density at radius 2 is 2.29 bits per heavy atom. The summed E-state index contributed by atoms with van der Waals surface area (Å²) < 4.78 is 5.17. The first-order chi connectivity index (χ1) is 6.54. The molecule has 14 heavy (non-hydrogen) atoms. The fraction of sp³-hybridized carbons (Fsp3) is 0.800. The lowest BCUT2D eigenvalue weighted by Gasteiger charge is -1.99. The number of hydrogen-bond acceptors (Lipinski definition) is 4. The standard InChI is InChI=1S/C10H17N3O/c1-6(5-11)9-12-8(13-14-9)7-4-10(7,2)3/h6-7H,4-5,11H2,1-3H3. The van der Waals surface area contributed by atoms with Gasteiger partial charge in [0.1, 0.15) is 0 Å². The van der Waals surface area contributed by atoms with Crippen molar-refractivity contribution in [1.82, 2.24) is 10.1 Å². The first kappa shape index (κ1) is 9.65. The minimum absolute atomic E-state index is 0.165. The summed E-state index contributed by atoms with van der Waals surface area (Å²) in [7, 11) is 0. The predicted octanol–water partition coefficient (Wildman–Crippen LogP) is 1.65. The van der Waals surface area contributed by atoms with Crippen LogP contribution in [0.25, 0.3) is 0 Å². The van der Waals surface area contributed by atoms with E-state index >= 15 is 0 Å². The molecule has 1 aromatic heterocycles. The molecule has 2 rings (SSSR count). The molecule has 2 atom stereocenters. The van der Waals surface area contributed by atoms with Crippen molar-refractivity contribution in [3.05, 3.63) is 11.7 Å². The molecule has 1 fully saturated rings. The molecule has 0 radical (unpaired) electrons. The normalized spacial score (nSPS) is 26.1. The van der Waals surface area contributed by atoms with Crippen LogP contribution in [0.5, 0.6) is 0 Å². The Labute approximate surface area is 83.9 Å². The van der Waals surface area contributed by atoms with Gasteiger partial charge in [0.25, 0.3) is 0 Å². The summed E-state index contributed by atoms with van der Waals surface area (Å²) in [5.74, 6) is 2.17. The molecule has 0 aliphatic heterocycles. The summed E-state index contributed by atoms with van der Waals surface area (Å²) in [5.41, 5.74) is 5.88. The lowest BCUT2D eigenvalue weighted by atomic mass is 10.1. The van der Waals surface area contributed by atoms with Crippen molar-refractivity contribution in [2.24, 2.45) is 11.1 Å². The van der Waals surface area contributed by atoms with Crippen molar-refractivity contribution in [1.29, 1.82) is 0 Å². The van der Waals surface area contributed by atoms with Crippen molar-refractivity contribution in [2.45, 2.75) is 39.0 Å². The molecule has 0 bridgehead atoms. The fourth-order valence-electron chi connectivity index (χ4n) is 1.60. The second kappa shape index (κ2) is 3.05. The number of rotatable bonds is 3. The predicted molar refractivity (Wildman–Crippen MR) is 52.9 cm³/mol. The summed E-state index contributed by atoms with van der Waals surface area (Å²) in [4.78, 5) is 4.38. The van der Waals surface area contributed by atoms with E-state index in [9.17, 15) is 0 Å². The monoisotopic (exact) mass is 195 g/mol. The highest BCUT2D eigenvalue weighted by molar-refractivity contribution is 5.14. The maximum absolute atomic E-state index is 5.53. The van der Waals surface area contributed by atoms with Crippen LogP contribution in [0.4, 0.5) is 0 Å². The van der Waals surface area contributed by atoms with E-state index in [0.717, 1.165) is 12.2 Å². The molecule has 1 aliphatic carbocycles. The third-order valence-corrected chi connectivity index (χ3v) is 3.06. The van der Waals surface area contributed by atoms with Gasteiger partial charge in [-0.25, -0.2) is 0 Å². The average Bonchev–Trinajstić information content (AvgIpc) is 2.64. The zero-order valence-electron chi connectivity index (χ0n) is 8.95. The van der Waals surface area contributed by atoms with Crippen LogP contribution in [-0.4, -0.2) is 16.7 Å². The molecule has 2 unspecified atom stereocenters. The second-order valence-corrected chi connectivity index (χ2v) is 4.87. The zero-order valence-corrected chi connectivity index (χ0v) is 8.95. The number of hydrogen-bond donors (Lipinski definition) is 1. The van der Waals surface area contributed by atoms with E-state index in [-0.39, 0.29) is 5.92 Å². The molecule has 2 N–H and O–H groups in total. The van der Waals surface area contributed by atoms with E-state index in [2.05, 4.69) is 24.0 Å². The quantitative estimate of drug-likeness (QED) is 0.796. The van der Waals surface area contributed by atoms with E-state index < -0.39 is 0 Å². The molecule has 4 nitrogen and oxygen atoms in total. The van der Waals surface area contributed by atoms with Crippen LogP contribution in [-0.2, 0) is 0 Å². The second-order valence-electron chi connectivity index (χ2n) is 4.87. The van der Waals surface area contributed by atoms with Gasteiger partial charge in [-0.1, -0.05) is 25.9 Å². The van der Waals surface area contributed by atoms with Gasteiger partial charge >= 0.3 is 0 Å². The molecular weight excluding hydrogens is 178 g/mol. The third-order valence-electron chi connectivity index (χ3n) is 3.06. The van der Waals surface area contributed by atoms with E-state index in [1.54, 1.807) is 0 Å². The maximum Gasteiger partial charge on any atom is 0.230 e. The Bertz CT molecular complexity index is 332. The van der Waals surface area contributed by atoms with Gasteiger partial charge in [0.2, 0.25) is 5.89 Å². The average molecular weight is 195 g/mol. The highest BCUT2D eigenvalue weighted by Gasteiger charge is 2.49. The smallest absolute Gasteiger partial charge is 0.230 e. The highest BCUT2D eigenvalue weighted by Crippen LogP contribution is 2.57. The molecule has 1 aliphatic rings. The van der Waals surface area contributed by atoms with Crippen LogP contribution in [0.2, 0.25) is 0 Å². The third kappa shape index (κ3) is 1.54. The van der Waals surface area contributed by atoms with Crippen LogP contribution in [0.15, 0.2) is 4.52 Å². The topological polar surface area (TPSA) is 64.9 Å². The van der Waals surface area contributed by atoms with Gasteiger partial charge in [0, 0.05) is 18.4 Å². The lowest BCUT2D eigenvalue weighted by Crippen LogP contribution is -2.09. The molecule has 4 heteroatoms. The van der Waals surface area contributed by atoms with Gasteiger partial charge in [0.15, 0.2) is 5.82 Å². The van der Waals surface area contributed by atoms with Crippen LogP contribution < -0.4 is 5.73 Å². The Morgan fingerprint density at radius 1 is 1.64 bits per heavy atom. The molecular formula is C10H17N3O. The van der Waals surface area contributed by atoms with E-state index in [4.69, 9.17) is 10.3 Å². The van der Waals surface area contributed by atoms with Crippen LogP contribution in [0.3, 0.4) is 0 Å². The molecule has 78 valence electrons. The molecule has 1 heterocycles. The SMILES string of the molecule is CC(CN)c1nc(C2CC2(C)C)no1. The molecule has 0 saturated heterocycles. The van der Waals surface area contributed by atoms with Gasteiger partial charge in [-0.3, -0.25) is 0 Å². The Hall–Kier alpha value is -0.900. The van der Waals surface area contributed by atoms with Crippen molar-refractivity contribution in [3.63, 3.8) is 0 Å². The largest absolute Gasteiger partial charge is 0.339 e. The Morgan fingerprint density at radius 3 is 2.79 bits per heavy atom.